The average Bonchev–Trinajstić information content (AvgIpc) is 2.67. The van der Waals surface area contributed by atoms with E-state index in [0.29, 0.717) is 0 Å². The van der Waals surface area contributed by atoms with E-state index in [1.54, 1.807) is 0 Å². The van der Waals surface area contributed by atoms with Gasteiger partial charge in [-0.25, -0.2) is 0 Å². The summed E-state index contributed by atoms with van der Waals surface area (Å²) in [5.41, 5.74) is 0. The number of hydrogen-bond donors (Lipinski definition) is 9. The molecule has 0 radical (unpaired) electrons. The Morgan fingerprint density at radius 1 is 0.212 bits per heavy atom. The largest absolute Gasteiger partial charge is 0.508 e. The molecule has 0 saturated heterocycles. The number of rotatable bonds is 0. The van der Waals surface area contributed by atoms with E-state index in [9.17, 15) is 0 Å². The molecule has 0 aromatic heterocycles. The summed E-state index contributed by atoms with van der Waals surface area (Å²) in [7, 11) is 0. The maximum Gasteiger partial charge on any atom is 0.122 e. The van der Waals surface area contributed by atoms with E-state index in [4.69, 9.17) is 46.0 Å². The van der Waals surface area contributed by atoms with Gasteiger partial charge in [0, 0.05) is 54.6 Å². The third-order valence-corrected chi connectivity index (χ3v) is 3.33. The minimum absolute atomic E-state index is 0.146. The van der Waals surface area contributed by atoms with Gasteiger partial charge in [0.2, 0.25) is 0 Å². The first-order valence-electron chi connectivity index (χ1n) is 9.21. The molecule has 0 amide bonds. The van der Waals surface area contributed by atoms with Gasteiger partial charge in [-0.05, 0) is 0 Å². The predicted molar refractivity (Wildman–Crippen MR) is 121 cm³/mol. The maximum atomic E-state index is 8.67. The summed E-state index contributed by atoms with van der Waals surface area (Å²) >= 11 is 0. The van der Waals surface area contributed by atoms with Gasteiger partial charge < -0.3 is 46.0 Å². The molecule has 9 N–H and O–H groups in total. The van der Waals surface area contributed by atoms with E-state index in [1.165, 1.54) is 0 Å². The third kappa shape index (κ3) is 12.4. The molecule has 0 spiro atoms. The van der Waals surface area contributed by atoms with Crippen LogP contribution in [0.5, 0.6) is 51.7 Å². The van der Waals surface area contributed by atoms with Crippen LogP contribution >= 0.6 is 0 Å². The summed E-state index contributed by atoms with van der Waals surface area (Å²) in [6.07, 6.45) is 0. The van der Waals surface area contributed by atoms with Crippen LogP contribution in [0.1, 0.15) is 0 Å². The van der Waals surface area contributed by atoms with Crippen molar-refractivity contribution < 1.29 is 46.0 Å². The summed E-state index contributed by atoms with van der Waals surface area (Å²) in [6, 6.07) is 22.2. The topological polar surface area (TPSA) is 182 Å². The number of hydrogen-bond acceptors (Lipinski definition) is 9. The van der Waals surface area contributed by atoms with Gasteiger partial charge in [0.05, 0.1) is 0 Å². The molecule has 9 heteroatoms. The van der Waals surface area contributed by atoms with Crippen molar-refractivity contribution >= 4 is 0 Å². The highest BCUT2D eigenvalue weighted by Crippen LogP contribution is 2.25. The van der Waals surface area contributed by atoms with Crippen LogP contribution in [0.3, 0.4) is 0 Å². The number of benzene rings is 4. The van der Waals surface area contributed by atoms with Crippen LogP contribution in [0.25, 0.3) is 0 Å². The van der Waals surface area contributed by atoms with Gasteiger partial charge in [-0.3, -0.25) is 0 Å². The fraction of sp³-hybridized carbons (Fsp3) is 0. The van der Waals surface area contributed by atoms with Gasteiger partial charge in [-0.15, -0.1) is 0 Å². The van der Waals surface area contributed by atoms with Crippen molar-refractivity contribution in [1.29, 1.82) is 0 Å². The fourth-order valence-corrected chi connectivity index (χ4v) is 2.12. The molecule has 0 heterocycles. The van der Waals surface area contributed by atoms with Gasteiger partial charge in [-0.1, -0.05) is 36.4 Å². The zero-order valence-electron chi connectivity index (χ0n) is 17.2. The first kappa shape index (κ1) is 26.1. The Balaban J connectivity index is 0.000000222. The van der Waals surface area contributed by atoms with Crippen molar-refractivity contribution in [2.24, 2.45) is 0 Å². The quantitative estimate of drug-likeness (QED) is 0.188. The van der Waals surface area contributed by atoms with Gasteiger partial charge in [0.15, 0.2) is 0 Å². The third-order valence-electron chi connectivity index (χ3n) is 3.33. The van der Waals surface area contributed by atoms with Crippen LogP contribution in [0.15, 0.2) is 91.0 Å². The lowest BCUT2D eigenvalue weighted by molar-refractivity contribution is 0.426. The van der Waals surface area contributed by atoms with E-state index >= 15 is 0 Å². The van der Waals surface area contributed by atoms with Gasteiger partial charge in [-0.2, -0.15) is 0 Å². The lowest BCUT2D eigenvalue weighted by Gasteiger charge is -1.94. The number of aromatic hydroxyl groups is 9. The van der Waals surface area contributed by atoms with Gasteiger partial charge >= 0.3 is 0 Å². The van der Waals surface area contributed by atoms with Crippen LogP contribution in [0, 0.1) is 0 Å². The Labute approximate surface area is 189 Å². The summed E-state index contributed by atoms with van der Waals surface area (Å²) in [4.78, 5) is 0. The van der Waals surface area contributed by atoms with Crippen molar-refractivity contribution in [2.75, 3.05) is 0 Å². The van der Waals surface area contributed by atoms with Crippen molar-refractivity contribution in [2.45, 2.75) is 0 Å². The molecule has 0 atom stereocenters. The summed E-state index contributed by atoms with van der Waals surface area (Å²) in [6.45, 7) is 0. The van der Waals surface area contributed by atoms with Crippen LogP contribution in [-0.2, 0) is 0 Å². The SMILES string of the molecule is Oc1cc(O)cc(O)c1.Oc1cc(O)cc(O)c1.Oc1cc(O)cc(O)c1.c1ccccc1. The minimum Gasteiger partial charge on any atom is -0.508 e. The van der Waals surface area contributed by atoms with Crippen LogP contribution < -0.4 is 0 Å². The first-order valence-corrected chi connectivity index (χ1v) is 9.21. The molecule has 174 valence electrons. The minimum atomic E-state index is -0.146. The Morgan fingerprint density at radius 2 is 0.303 bits per heavy atom. The first-order chi connectivity index (χ1) is 15.5. The molecule has 4 aromatic rings. The van der Waals surface area contributed by atoms with Gasteiger partial charge in [0.25, 0.3) is 0 Å². The van der Waals surface area contributed by atoms with E-state index in [2.05, 4.69) is 0 Å². The molecule has 4 rings (SSSR count). The summed E-state index contributed by atoms with van der Waals surface area (Å²) < 4.78 is 0. The highest BCUT2D eigenvalue weighted by atomic mass is 16.3. The fourth-order valence-electron chi connectivity index (χ4n) is 2.12. The molecule has 0 unspecified atom stereocenters. The average molecular weight is 456 g/mol. The van der Waals surface area contributed by atoms with Gasteiger partial charge in [0.1, 0.15) is 51.7 Å². The normalized spacial score (nSPS) is 9.09. The molecule has 0 bridgehead atoms. The predicted octanol–water partition coefficient (Wildman–Crippen LogP) is 4.10. The lowest BCUT2D eigenvalue weighted by Crippen LogP contribution is -1.66. The van der Waals surface area contributed by atoms with Crippen LogP contribution in [-0.4, -0.2) is 46.0 Å². The molecule has 4 aromatic carbocycles. The Hall–Kier alpha value is -4.92. The number of phenols is 9. The summed E-state index contributed by atoms with van der Waals surface area (Å²) in [5.74, 6) is -1.31. The maximum absolute atomic E-state index is 8.67. The van der Waals surface area contributed by atoms with E-state index in [0.717, 1.165) is 54.6 Å². The molecular formula is C24H24O9. The van der Waals surface area contributed by atoms with Crippen LogP contribution in [0.2, 0.25) is 0 Å². The van der Waals surface area contributed by atoms with Crippen molar-refractivity contribution in [3.05, 3.63) is 91.0 Å². The molecular weight excluding hydrogens is 432 g/mol. The molecule has 0 aliphatic carbocycles. The molecule has 33 heavy (non-hydrogen) atoms. The van der Waals surface area contributed by atoms with Crippen LogP contribution in [0.4, 0.5) is 0 Å². The standard InChI is InChI=1S/3C6H6O3.C6H6/c3*7-4-1-5(8)3-6(9)2-4;1-2-4-6-5-3-1/h3*1-3,7-9H;1-6H. The monoisotopic (exact) mass is 456 g/mol. The molecule has 0 aliphatic rings. The highest BCUT2D eigenvalue weighted by molar-refractivity contribution is 5.40. The Bertz CT molecular complexity index is 820. The number of phenolic OH excluding ortho intramolecular Hbond substituents is 9. The second-order valence-corrected chi connectivity index (χ2v) is 6.28. The Morgan fingerprint density at radius 3 is 0.394 bits per heavy atom. The van der Waals surface area contributed by atoms with Crippen molar-refractivity contribution in [1.82, 2.24) is 0 Å². The van der Waals surface area contributed by atoms with E-state index < -0.39 is 0 Å². The molecule has 9 nitrogen and oxygen atoms in total. The van der Waals surface area contributed by atoms with E-state index in [1.807, 2.05) is 36.4 Å². The highest BCUT2D eigenvalue weighted by Gasteiger charge is 1.95. The second-order valence-electron chi connectivity index (χ2n) is 6.28. The van der Waals surface area contributed by atoms with Crippen molar-refractivity contribution in [3.8, 4) is 51.7 Å². The van der Waals surface area contributed by atoms with E-state index in [-0.39, 0.29) is 51.7 Å². The molecule has 0 aliphatic heterocycles. The zero-order valence-corrected chi connectivity index (χ0v) is 17.2. The van der Waals surface area contributed by atoms with Crippen molar-refractivity contribution in [3.63, 3.8) is 0 Å². The molecule has 0 fully saturated rings. The second kappa shape index (κ2) is 13.4. The lowest BCUT2D eigenvalue weighted by atomic mass is 10.3. The molecule has 0 saturated carbocycles. The smallest absolute Gasteiger partial charge is 0.122 e. The Kier molecular flexibility index (Phi) is 10.6. The zero-order chi connectivity index (χ0) is 24.8. The summed E-state index contributed by atoms with van der Waals surface area (Å²) in [5, 5.41) is 78.1.